The van der Waals surface area contributed by atoms with Crippen LogP contribution in [0.25, 0.3) is 0 Å². The summed E-state index contributed by atoms with van der Waals surface area (Å²) < 4.78 is 34.1. The smallest absolute Gasteiger partial charge is 0.227 e. The van der Waals surface area contributed by atoms with E-state index in [9.17, 15) is 9.35 Å². The molecule has 9 heteroatoms. The van der Waals surface area contributed by atoms with Crippen LogP contribution in [0, 0.1) is 0 Å². The summed E-state index contributed by atoms with van der Waals surface area (Å²) in [6.45, 7) is 3.15. The van der Waals surface area contributed by atoms with Gasteiger partial charge in [0.1, 0.15) is 5.75 Å². The van der Waals surface area contributed by atoms with Crippen LogP contribution in [0.2, 0.25) is 0 Å². The number of ether oxygens (including phenoxy) is 4. The highest BCUT2D eigenvalue weighted by Crippen LogP contribution is 2.32. The summed E-state index contributed by atoms with van der Waals surface area (Å²) in [7, 11) is 8.47. The maximum absolute atomic E-state index is 12.9. The molecule has 0 spiro atoms. The largest absolute Gasteiger partial charge is 0.611 e. The van der Waals surface area contributed by atoms with Gasteiger partial charge in [0.25, 0.3) is 0 Å². The zero-order valence-electron chi connectivity index (χ0n) is 22.0. The fraction of sp³-hybridized carbons (Fsp3) is 0.519. The van der Waals surface area contributed by atoms with E-state index < -0.39 is 11.2 Å². The van der Waals surface area contributed by atoms with Crippen LogP contribution in [0.1, 0.15) is 24.0 Å². The second-order valence-corrected chi connectivity index (χ2v) is 10.4. The van der Waals surface area contributed by atoms with E-state index >= 15 is 0 Å². The Morgan fingerprint density at radius 1 is 0.889 bits per heavy atom. The van der Waals surface area contributed by atoms with Gasteiger partial charge >= 0.3 is 0 Å². The first-order valence-corrected chi connectivity index (χ1v) is 13.5. The van der Waals surface area contributed by atoms with Crippen molar-refractivity contribution in [3.8, 4) is 23.0 Å². The van der Waals surface area contributed by atoms with Crippen LogP contribution in [0.4, 0.5) is 0 Å². The molecule has 1 amide bonds. The zero-order chi connectivity index (χ0) is 26.1. The maximum atomic E-state index is 12.9. The van der Waals surface area contributed by atoms with Crippen molar-refractivity contribution in [2.24, 2.45) is 0 Å². The molecule has 0 aromatic heterocycles. The van der Waals surface area contributed by atoms with Crippen LogP contribution < -0.4 is 18.9 Å². The highest BCUT2D eigenvalue weighted by atomic mass is 32.2. The lowest BCUT2D eigenvalue weighted by Gasteiger charge is -2.23. The first-order chi connectivity index (χ1) is 17.4. The summed E-state index contributed by atoms with van der Waals surface area (Å²) in [4.78, 5) is 17.8. The molecule has 36 heavy (non-hydrogen) atoms. The van der Waals surface area contributed by atoms with Gasteiger partial charge < -0.3 is 33.3 Å². The summed E-state index contributed by atoms with van der Waals surface area (Å²) >= 11 is -1.10. The van der Waals surface area contributed by atoms with Gasteiger partial charge in [-0.05, 0) is 73.0 Å². The Hall–Kier alpha value is -2.62. The molecule has 0 aliphatic carbocycles. The molecule has 3 rings (SSSR count). The van der Waals surface area contributed by atoms with Crippen LogP contribution in [0.15, 0.2) is 35.2 Å². The van der Waals surface area contributed by atoms with Crippen LogP contribution >= 0.6 is 0 Å². The van der Waals surface area contributed by atoms with Crippen molar-refractivity contribution in [3.63, 3.8) is 0 Å². The molecule has 1 aliphatic rings. The van der Waals surface area contributed by atoms with Crippen molar-refractivity contribution in [1.29, 1.82) is 0 Å². The molecule has 1 unspecified atom stereocenters. The number of nitrogens with zero attached hydrogens (tertiary/aromatic N) is 2. The van der Waals surface area contributed by atoms with E-state index in [2.05, 4.69) is 11.9 Å². The minimum Gasteiger partial charge on any atom is -0.611 e. The number of carbonyl (C=O) groups excluding carboxylic acids is 1. The van der Waals surface area contributed by atoms with Gasteiger partial charge in [0, 0.05) is 32.1 Å². The topological polar surface area (TPSA) is 83.5 Å². The first kappa shape index (κ1) is 28.0. The van der Waals surface area contributed by atoms with Crippen molar-refractivity contribution in [2.75, 3.05) is 67.4 Å². The van der Waals surface area contributed by atoms with Gasteiger partial charge in [0.05, 0.1) is 34.9 Å². The van der Waals surface area contributed by atoms with Crippen molar-refractivity contribution < 1.29 is 28.3 Å². The number of amides is 1. The van der Waals surface area contributed by atoms with Gasteiger partial charge in [0.15, 0.2) is 27.9 Å². The van der Waals surface area contributed by atoms with Gasteiger partial charge in [-0.25, -0.2) is 0 Å². The number of fused-ring (bicyclic) bond motifs is 1. The highest BCUT2D eigenvalue weighted by molar-refractivity contribution is 7.91. The molecule has 2 aromatic rings. The molecule has 0 saturated heterocycles. The second-order valence-electron chi connectivity index (χ2n) is 8.86. The lowest BCUT2D eigenvalue weighted by Crippen LogP contribution is -2.35. The normalized spacial score (nSPS) is 14.3. The van der Waals surface area contributed by atoms with Crippen molar-refractivity contribution in [3.05, 3.63) is 41.5 Å². The zero-order valence-corrected chi connectivity index (χ0v) is 22.8. The first-order valence-electron chi connectivity index (χ1n) is 12.2. The van der Waals surface area contributed by atoms with Crippen molar-refractivity contribution >= 4 is 17.1 Å². The van der Waals surface area contributed by atoms with Crippen LogP contribution in [0.5, 0.6) is 23.0 Å². The monoisotopic (exact) mass is 518 g/mol. The summed E-state index contributed by atoms with van der Waals surface area (Å²) in [6.07, 6.45) is 2.90. The van der Waals surface area contributed by atoms with Crippen LogP contribution in [0.3, 0.4) is 0 Å². The van der Waals surface area contributed by atoms with Gasteiger partial charge in [-0.3, -0.25) is 4.79 Å². The molecule has 2 aromatic carbocycles. The number of benzene rings is 2. The molecular weight excluding hydrogens is 480 g/mol. The number of hydrogen-bond donors (Lipinski definition) is 0. The molecule has 0 saturated carbocycles. The Labute approximate surface area is 217 Å². The number of hydrogen-bond acceptors (Lipinski definition) is 7. The van der Waals surface area contributed by atoms with E-state index in [0.29, 0.717) is 41.7 Å². The maximum Gasteiger partial charge on any atom is 0.227 e. The Bertz CT molecular complexity index is 1020. The Morgan fingerprint density at radius 3 is 2.17 bits per heavy atom. The average molecular weight is 519 g/mol. The Balaban J connectivity index is 1.41. The molecule has 1 atom stereocenters. The predicted molar refractivity (Wildman–Crippen MR) is 141 cm³/mol. The van der Waals surface area contributed by atoms with Gasteiger partial charge in [-0.1, -0.05) is 0 Å². The third kappa shape index (κ3) is 7.21. The summed E-state index contributed by atoms with van der Waals surface area (Å²) in [5.74, 6) is 3.30. The fourth-order valence-corrected chi connectivity index (χ4v) is 5.52. The lowest BCUT2D eigenvalue weighted by atomic mass is 10.0. The Morgan fingerprint density at radius 2 is 1.50 bits per heavy atom. The molecule has 8 nitrogen and oxygen atoms in total. The van der Waals surface area contributed by atoms with Gasteiger partial charge in [0.2, 0.25) is 5.91 Å². The number of carbonyl (C=O) groups is 1. The van der Waals surface area contributed by atoms with Gasteiger partial charge in [-0.15, -0.1) is 0 Å². The lowest BCUT2D eigenvalue weighted by molar-refractivity contribution is -0.130. The summed E-state index contributed by atoms with van der Waals surface area (Å²) in [6, 6.07) is 9.30. The third-order valence-electron chi connectivity index (χ3n) is 6.51. The predicted octanol–water partition coefficient (Wildman–Crippen LogP) is 3.17. The number of rotatable bonds is 13. The summed E-state index contributed by atoms with van der Waals surface area (Å²) in [5.41, 5.74) is 2.16. The molecular formula is C27H38N2O6S. The standard InChI is InChI=1S/C27H38N2O6S/c1-28(12-7-15-36(31)22-8-9-23(32-2)26(19-22)35-5)11-6-13-29-14-10-20-16-24(33-3)25(34-4)17-21(20)18-27(29)30/h8-9,16-17,19H,6-7,10-15,18H2,1-5H3. The average Bonchev–Trinajstić information content (AvgIpc) is 3.04. The SMILES string of the molecule is COc1ccc([S+]([O-])CCCN(C)CCCN2CCc3cc(OC)c(OC)cc3CC2=O)cc1OC. The third-order valence-corrected chi connectivity index (χ3v) is 7.95. The molecule has 198 valence electrons. The van der Waals surface area contributed by atoms with E-state index in [1.54, 1.807) is 40.6 Å². The van der Waals surface area contributed by atoms with E-state index in [1.165, 1.54) is 0 Å². The Kier molecular flexibility index (Phi) is 10.6. The van der Waals surface area contributed by atoms with E-state index in [0.717, 1.165) is 54.9 Å². The van der Waals surface area contributed by atoms with Crippen molar-refractivity contribution in [1.82, 2.24) is 9.80 Å². The van der Waals surface area contributed by atoms with Crippen LogP contribution in [-0.2, 0) is 28.8 Å². The molecule has 0 N–H and O–H groups in total. The minimum atomic E-state index is -1.10. The van der Waals surface area contributed by atoms with Crippen LogP contribution in [-0.4, -0.2) is 87.7 Å². The van der Waals surface area contributed by atoms with E-state index in [4.69, 9.17) is 18.9 Å². The van der Waals surface area contributed by atoms with E-state index in [-0.39, 0.29) is 5.91 Å². The molecule has 1 aliphatic heterocycles. The molecule has 1 heterocycles. The second kappa shape index (κ2) is 13.6. The fourth-order valence-electron chi connectivity index (χ4n) is 4.44. The van der Waals surface area contributed by atoms with Crippen molar-refractivity contribution in [2.45, 2.75) is 30.6 Å². The minimum absolute atomic E-state index is 0.147. The molecule has 0 bridgehead atoms. The van der Waals surface area contributed by atoms with Gasteiger partial charge in [-0.2, -0.15) is 0 Å². The highest BCUT2D eigenvalue weighted by Gasteiger charge is 2.22. The quantitative estimate of drug-likeness (QED) is 0.377. The van der Waals surface area contributed by atoms with E-state index in [1.807, 2.05) is 23.1 Å². The summed E-state index contributed by atoms with van der Waals surface area (Å²) in [5, 5.41) is 0. The molecule has 0 radical (unpaired) electrons. The molecule has 0 fully saturated rings. The number of methoxy groups -OCH3 is 4.